The van der Waals surface area contributed by atoms with Gasteiger partial charge in [0.25, 0.3) is 5.56 Å². The number of carbonyl (C=O) groups excluding carboxylic acids is 1. The average molecular weight is 381 g/mol. The summed E-state index contributed by atoms with van der Waals surface area (Å²) in [6.45, 7) is 0.455. The van der Waals surface area contributed by atoms with Crippen LogP contribution in [0.3, 0.4) is 0 Å². The molecule has 0 saturated carbocycles. The molecule has 0 atom stereocenters. The van der Waals surface area contributed by atoms with Crippen LogP contribution in [0.5, 0.6) is 5.75 Å². The van der Waals surface area contributed by atoms with Gasteiger partial charge in [0.15, 0.2) is 5.03 Å². The SMILES string of the molecule is COc1cccc(-n2ccnc(SCC(=O)NCc3ccccc3)c2=O)c1. The number of ether oxygens (including phenoxy) is 1. The number of thioether (sulfide) groups is 1. The van der Waals surface area contributed by atoms with Crippen molar-refractivity contribution in [3.05, 3.63) is 82.9 Å². The molecular weight excluding hydrogens is 362 g/mol. The molecule has 27 heavy (non-hydrogen) atoms. The fourth-order valence-electron chi connectivity index (χ4n) is 2.44. The predicted octanol–water partition coefficient (Wildman–Crippen LogP) is 2.65. The van der Waals surface area contributed by atoms with E-state index in [4.69, 9.17) is 4.74 Å². The lowest BCUT2D eigenvalue weighted by Gasteiger charge is -2.09. The van der Waals surface area contributed by atoms with E-state index in [-0.39, 0.29) is 22.2 Å². The van der Waals surface area contributed by atoms with Crippen molar-refractivity contribution in [2.45, 2.75) is 11.6 Å². The summed E-state index contributed by atoms with van der Waals surface area (Å²) in [5, 5.41) is 3.11. The third-order valence-electron chi connectivity index (χ3n) is 3.81. The minimum absolute atomic E-state index is 0.122. The Kier molecular flexibility index (Phi) is 6.27. The molecule has 1 N–H and O–H groups in total. The number of nitrogens with zero attached hydrogens (tertiary/aromatic N) is 2. The van der Waals surface area contributed by atoms with Crippen molar-refractivity contribution < 1.29 is 9.53 Å². The lowest BCUT2D eigenvalue weighted by Crippen LogP contribution is -2.26. The average Bonchev–Trinajstić information content (AvgIpc) is 2.72. The first-order valence-corrected chi connectivity index (χ1v) is 9.31. The lowest BCUT2D eigenvalue weighted by molar-refractivity contribution is -0.118. The maximum absolute atomic E-state index is 12.7. The number of benzene rings is 2. The van der Waals surface area contributed by atoms with Gasteiger partial charge in [-0.05, 0) is 17.7 Å². The quantitative estimate of drug-likeness (QED) is 0.637. The molecule has 0 aliphatic rings. The molecule has 7 heteroatoms. The van der Waals surface area contributed by atoms with Gasteiger partial charge >= 0.3 is 0 Å². The summed E-state index contributed by atoms with van der Waals surface area (Å²) in [7, 11) is 1.57. The molecule has 6 nitrogen and oxygen atoms in total. The Morgan fingerprint density at radius 3 is 2.78 bits per heavy atom. The number of amides is 1. The fourth-order valence-corrected chi connectivity index (χ4v) is 3.16. The summed E-state index contributed by atoms with van der Waals surface area (Å²) < 4.78 is 6.69. The number of hydrogen-bond donors (Lipinski definition) is 1. The number of carbonyl (C=O) groups is 1. The Labute approximate surface area is 161 Å². The molecule has 2 aromatic carbocycles. The van der Waals surface area contributed by atoms with Gasteiger partial charge < -0.3 is 10.1 Å². The fraction of sp³-hybridized carbons (Fsp3) is 0.150. The van der Waals surface area contributed by atoms with Gasteiger partial charge in [0.05, 0.1) is 18.6 Å². The Hall–Kier alpha value is -3.06. The molecule has 3 aromatic rings. The van der Waals surface area contributed by atoms with Crippen LogP contribution in [0.1, 0.15) is 5.56 Å². The van der Waals surface area contributed by atoms with E-state index < -0.39 is 0 Å². The lowest BCUT2D eigenvalue weighted by atomic mass is 10.2. The van der Waals surface area contributed by atoms with Crippen LogP contribution >= 0.6 is 11.8 Å². The summed E-state index contributed by atoms with van der Waals surface area (Å²) in [5.74, 6) is 0.629. The smallest absolute Gasteiger partial charge is 0.287 e. The summed E-state index contributed by atoms with van der Waals surface area (Å²) >= 11 is 1.12. The van der Waals surface area contributed by atoms with E-state index in [1.807, 2.05) is 48.5 Å². The summed E-state index contributed by atoms with van der Waals surface area (Å²) in [4.78, 5) is 28.8. The maximum atomic E-state index is 12.7. The second kappa shape index (κ2) is 9.05. The van der Waals surface area contributed by atoms with E-state index in [0.717, 1.165) is 17.3 Å². The molecular formula is C20H19N3O3S. The summed E-state index contributed by atoms with van der Waals surface area (Å²) in [5.41, 5.74) is 1.43. The largest absolute Gasteiger partial charge is 0.497 e. The number of nitrogens with one attached hydrogen (secondary N) is 1. The van der Waals surface area contributed by atoms with Crippen LogP contribution in [0.4, 0.5) is 0 Å². The third-order valence-corrected chi connectivity index (χ3v) is 4.77. The normalized spacial score (nSPS) is 10.4. The zero-order valence-corrected chi connectivity index (χ0v) is 15.6. The van der Waals surface area contributed by atoms with Gasteiger partial charge in [-0.1, -0.05) is 48.2 Å². The van der Waals surface area contributed by atoms with E-state index in [9.17, 15) is 9.59 Å². The van der Waals surface area contributed by atoms with Crippen LogP contribution in [0.25, 0.3) is 5.69 Å². The van der Waals surface area contributed by atoms with Crippen LogP contribution < -0.4 is 15.6 Å². The van der Waals surface area contributed by atoms with Gasteiger partial charge in [-0.15, -0.1) is 0 Å². The van der Waals surface area contributed by atoms with Crippen LogP contribution in [0.15, 0.2) is 76.8 Å². The second-order valence-corrected chi connectivity index (χ2v) is 6.62. The highest BCUT2D eigenvalue weighted by Gasteiger charge is 2.10. The Bertz CT molecular complexity index is 973. The summed E-state index contributed by atoms with van der Waals surface area (Å²) in [6.07, 6.45) is 3.14. The topological polar surface area (TPSA) is 73.2 Å². The number of aromatic nitrogens is 2. The molecule has 1 aromatic heterocycles. The van der Waals surface area contributed by atoms with Gasteiger partial charge in [-0.2, -0.15) is 0 Å². The zero-order chi connectivity index (χ0) is 19.1. The Balaban J connectivity index is 1.65. The zero-order valence-electron chi connectivity index (χ0n) is 14.8. The maximum Gasteiger partial charge on any atom is 0.287 e. The van der Waals surface area contributed by atoms with Crippen molar-refractivity contribution in [2.24, 2.45) is 0 Å². The molecule has 3 rings (SSSR count). The van der Waals surface area contributed by atoms with E-state index in [2.05, 4.69) is 10.3 Å². The molecule has 0 radical (unpaired) electrons. The van der Waals surface area contributed by atoms with Crippen molar-refractivity contribution in [3.63, 3.8) is 0 Å². The molecule has 0 bridgehead atoms. The van der Waals surface area contributed by atoms with Gasteiger partial charge in [-0.25, -0.2) is 4.98 Å². The van der Waals surface area contributed by atoms with Crippen molar-refractivity contribution in [3.8, 4) is 11.4 Å². The minimum atomic E-state index is -0.272. The van der Waals surface area contributed by atoms with Gasteiger partial charge in [0.1, 0.15) is 5.75 Å². The number of methoxy groups -OCH3 is 1. The first-order valence-electron chi connectivity index (χ1n) is 8.33. The van der Waals surface area contributed by atoms with Gasteiger partial charge in [-0.3, -0.25) is 14.2 Å². The van der Waals surface area contributed by atoms with E-state index in [1.54, 1.807) is 25.6 Å². The van der Waals surface area contributed by atoms with E-state index in [1.165, 1.54) is 4.57 Å². The predicted molar refractivity (Wildman–Crippen MR) is 105 cm³/mol. The van der Waals surface area contributed by atoms with Crippen molar-refractivity contribution >= 4 is 17.7 Å². The minimum Gasteiger partial charge on any atom is -0.497 e. The molecule has 0 spiro atoms. The molecule has 0 fully saturated rings. The molecule has 138 valence electrons. The molecule has 0 unspecified atom stereocenters. The van der Waals surface area contributed by atoms with Crippen molar-refractivity contribution in [1.82, 2.24) is 14.9 Å². The molecule has 0 aliphatic carbocycles. The standard InChI is InChI=1S/C20H19N3O3S/c1-26-17-9-5-8-16(12-17)23-11-10-21-19(20(23)25)27-14-18(24)22-13-15-6-3-2-4-7-15/h2-12H,13-14H2,1H3,(H,22,24). The first kappa shape index (κ1) is 18.7. The first-order chi connectivity index (χ1) is 13.2. The monoisotopic (exact) mass is 381 g/mol. The van der Waals surface area contributed by atoms with Crippen LogP contribution in [-0.4, -0.2) is 28.3 Å². The Morgan fingerprint density at radius 2 is 2.00 bits per heavy atom. The van der Waals surface area contributed by atoms with Crippen molar-refractivity contribution in [1.29, 1.82) is 0 Å². The highest BCUT2D eigenvalue weighted by atomic mass is 32.2. The van der Waals surface area contributed by atoms with Crippen LogP contribution in [0, 0.1) is 0 Å². The number of rotatable bonds is 7. The van der Waals surface area contributed by atoms with Crippen molar-refractivity contribution in [2.75, 3.05) is 12.9 Å². The van der Waals surface area contributed by atoms with Crippen LogP contribution in [-0.2, 0) is 11.3 Å². The summed E-state index contributed by atoms with van der Waals surface area (Å²) in [6, 6.07) is 16.9. The molecule has 1 amide bonds. The van der Waals surface area contributed by atoms with Gasteiger partial charge in [0.2, 0.25) is 5.91 Å². The second-order valence-electron chi connectivity index (χ2n) is 5.66. The molecule has 0 aliphatic heterocycles. The highest BCUT2D eigenvalue weighted by Crippen LogP contribution is 2.16. The highest BCUT2D eigenvalue weighted by molar-refractivity contribution is 7.99. The molecule has 1 heterocycles. The van der Waals surface area contributed by atoms with E-state index in [0.29, 0.717) is 18.0 Å². The van der Waals surface area contributed by atoms with Gasteiger partial charge in [0, 0.05) is 25.0 Å². The molecule has 0 saturated heterocycles. The van der Waals surface area contributed by atoms with E-state index >= 15 is 0 Å². The number of hydrogen-bond acceptors (Lipinski definition) is 5. The van der Waals surface area contributed by atoms with Crippen LogP contribution in [0.2, 0.25) is 0 Å². The Morgan fingerprint density at radius 1 is 1.19 bits per heavy atom. The third kappa shape index (κ3) is 4.98.